The van der Waals surface area contributed by atoms with Crippen LogP contribution in [0, 0.1) is 5.92 Å². The summed E-state index contributed by atoms with van der Waals surface area (Å²) in [4.78, 5) is 26.3. The first-order valence-electron chi connectivity index (χ1n) is 9.85. The summed E-state index contributed by atoms with van der Waals surface area (Å²) >= 11 is 1.34. The van der Waals surface area contributed by atoms with Crippen LogP contribution >= 0.6 is 11.8 Å². The number of amides is 1. The Labute approximate surface area is 180 Å². The summed E-state index contributed by atoms with van der Waals surface area (Å²) in [6, 6.07) is 6.65. The molecule has 0 unspecified atom stereocenters. The number of hydrogen-bond donors (Lipinski definition) is 1. The molecule has 1 saturated heterocycles. The van der Waals surface area contributed by atoms with Crippen LogP contribution in [0.1, 0.15) is 24.2 Å². The summed E-state index contributed by atoms with van der Waals surface area (Å²) in [6.07, 6.45) is 0. The second-order valence-electron chi connectivity index (χ2n) is 7.30. The summed E-state index contributed by atoms with van der Waals surface area (Å²) in [5.41, 5.74) is 0.927. The molecule has 0 spiro atoms. The van der Waals surface area contributed by atoms with Gasteiger partial charge in [0.05, 0.1) is 31.6 Å². The molecule has 0 aliphatic carbocycles. The smallest absolute Gasteiger partial charge is 0.337 e. The Morgan fingerprint density at radius 2 is 2.03 bits per heavy atom. The van der Waals surface area contributed by atoms with Gasteiger partial charge >= 0.3 is 5.97 Å². The largest absolute Gasteiger partial charge is 0.465 e. The minimum Gasteiger partial charge on any atom is -0.465 e. The summed E-state index contributed by atoms with van der Waals surface area (Å²) in [5, 5.41) is 12.2. The van der Waals surface area contributed by atoms with Gasteiger partial charge in [0, 0.05) is 25.3 Å². The third-order valence-corrected chi connectivity index (χ3v) is 5.41. The molecule has 30 heavy (non-hydrogen) atoms. The van der Waals surface area contributed by atoms with Crippen LogP contribution in [-0.2, 0) is 20.8 Å². The van der Waals surface area contributed by atoms with Crippen molar-refractivity contribution in [2.75, 3.05) is 49.4 Å². The number of nitrogens with one attached hydrogen (secondary N) is 1. The highest BCUT2D eigenvalue weighted by atomic mass is 32.2. The Morgan fingerprint density at radius 3 is 2.73 bits per heavy atom. The van der Waals surface area contributed by atoms with Gasteiger partial charge in [0.25, 0.3) is 0 Å². The van der Waals surface area contributed by atoms with Gasteiger partial charge in [-0.2, -0.15) is 0 Å². The van der Waals surface area contributed by atoms with Crippen LogP contribution in [0.15, 0.2) is 29.4 Å². The average molecular weight is 434 g/mol. The molecule has 9 nitrogen and oxygen atoms in total. The van der Waals surface area contributed by atoms with E-state index in [9.17, 15) is 9.59 Å². The summed E-state index contributed by atoms with van der Waals surface area (Å²) < 4.78 is 12.2. The zero-order chi connectivity index (χ0) is 21.5. The van der Waals surface area contributed by atoms with Gasteiger partial charge < -0.3 is 19.7 Å². The molecule has 1 aromatic carbocycles. The van der Waals surface area contributed by atoms with Crippen LogP contribution in [0.2, 0.25) is 0 Å². The number of anilines is 2. The van der Waals surface area contributed by atoms with Gasteiger partial charge in [0.2, 0.25) is 11.9 Å². The number of thioether (sulfide) groups is 1. The quantitative estimate of drug-likeness (QED) is 0.500. The van der Waals surface area contributed by atoms with E-state index >= 15 is 0 Å². The first-order chi connectivity index (χ1) is 14.5. The third-order valence-electron chi connectivity index (χ3n) is 4.44. The lowest BCUT2D eigenvalue weighted by Crippen LogP contribution is -2.38. The Bertz CT molecular complexity index is 880. The van der Waals surface area contributed by atoms with Gasteiger partial charge in [0.1, 0.15) is 0 Å². The normalized spacial score (nSPS) is 14.1. The maximum absolute atomic E-state index is 12.4. The molecule has 1 amide bonds. The maximum Gasteiger partial charge on any atom is 0.337 e. The van der Waals surface area contributed by atoms with Crippen molar-refractivity contribution in [3.63, 3.8) is 0 Å². The van der Waals surface area contributed by atoms with Crippen LogP contribution < -0.4 is 10.2 Å². The van der Waals surface area contributed by atoms with Crippen molar-refractivity contribution in [3.05, 3.63) is 29.8 Å². The van der Waals surface area contributed by atoms with Crippen molar-refractivity contribution in [1.29, 1.82) is 0 Å². The van der Waals surface area contributed by atoms with Crippen LogP contribution in [0.5, 0.6) is 0 Å². The van der Waals surface area contributed by atoms with E-state index in [0.29, 0.717) is 35.5 Å². The van der Waals surface area contributed by atoms with E-state index < -0.39 is 5.97 Å². The Kier molecular flexibility index (Phi) is 7.69. The second kappa shape index (κ2) is 10.4. The Morgan fingerprint density at radius 1 is 1.27 bits per heavy atom. The zero-order valence-corrected chi connectivity index (χ0v) is 18.3. The number of benzene rings is 1. The van der Waals surface area contributed by atoms with Crippen LogP contribution in [0.25, 0.3) is 0 Å². The number of methoxy groups -OCH3 is 1. The standard InChI is InChI=1S/C20H27N5O4S/c1-14(2)12-25-19(24-7-9-29-10-8-24)22-23-20(25)30-13-17(26)21-16-6-4-5-15(11-16)18(27)28-3/h4-6,11,14H,7-10,12-13H2,1-3H3,(H,21,26). The van der Waals surface area contributed by atoms with Gasteiger partial charge in [-0.05, 0) is 24.1 Å². The first kappa shape index (κ1) is 22.1. The van der Waals surface area contributed by atoms with E-state index in [2.05, 4.69) is 38.8 Å². The highest BCUT2D eigenvalue weighted by Crippen LogP contribution is 2.24. The number of carbonyl (C=O) groups excluding carboxylic acids is 2. The van der Waals surface area contributed by atoms with Crippen molar-refractivity contribution >= 4 is 35.3 Å². The van der Waals surface area contributed by atoms with Gasteiger partial charge in [-0.1, -0.05) is 31.7 Å². The molecule has 2 heterocycles. The summed E-state index contributed by atoms with van der Waals surface area (Å²) in [6.45, 7) is 7.94. The predicted molar refractivity (Wildman–Crippen MR) is 115 cm³/mol. The SMILES string of the molecule is COC(=O)c1cccc(NC(=O)CSc2nnc(N3CCOCC3)n2CC(C)C)c1. The maximum atomic E-state index is 12.4. The fourth-order valence-corrected chi connectivity index (χ4v) is 3.82. The number of hydrogen-bond acceptors (Lipinski definition) is 8. The highest BCUT2D eigenvalue weighted by Gasteiger charge is 2.21. The Balaban J connectivity index is 1.65. The predicted octanol–water partition coefficient (Wildman–Crippen LogP) is 2.29. The summed E-state index contributed by atoms with van der Waals surface area (Å²) in [5.74, 6) is 0.782. The van der Waals surface area contributed by atoms with Crippen molar-refractivity contribution in [2.45, 2.75) is 25.5 Å². The number of ether oxygens (including phenoxy) is 2. The van der Waals surface area contributed by atoms with Crippen molar-refractivity contribution in [2.24, 2.45) is 5.92 Å². The van der Waals surface area contributed by atoms with E-state index in [1.165, 1.54) is 18.9 Å². The minimum absolute atomic E-state index is 0.182. The van der Waals surface area contributed by atoms with E-state index in [1.54, 1.807) is 24.3 Å². The van der Waals surface area contributed by atoms with Gasteiger partial charge in [-0.25, -0.2) is 4.79 Å². The van der Waals surface area contributed by atoms with Gasteiger partial charge in [-0.3, -0.25) is 9.36 Å². The molecule has 1 fully saturated rings. The molecule has 0 radical (unpaired) electrons. The number of morpholine rings is 1. The molecular weight excluding hydrogens is 406 g/mol. The molecule has 1 aliphatic heterocycles. The zero-order valence-electron chi connectivity index (χ0n) is 17.5. The molecule has 0 bridgehead atoms. The van der Waals surface area contributed by atoms with E-state index in [-0.39, 0.29) is 11.7 Å². The monoisotopic (exact) mass is 433 g/mol. The Hall–Kier alpha value is -2.59. The first-order valence-corrected chi connectivity index (χ1v) is 10.8. The van der Waals surface area contributed by atoms with Crippen molar-refractivity contribution in [3.8, 4) is 0 Å². The van der Waals surface area contributed by atoms with Crippen molar-refractivity contribution < 1.29 is 19.1 Å². The van der Waals surface area contributed by atoms with E-state index in [1.807, 2.05) is 0 Å². The molecular formula is C20H27N5O4S. The molecule has 0 saturated carbocycles. The number of carbonyl (C=O) groups is 2. The van der Waals surface area contributed by atoms with E-state index in [0.717, 1.165) is 25.6 Å². The number of nitrogens with zero attached hydrogens (tertiary/aromatic N) is 4. The van der Waals surface area contributed by atoms with Gasteiger partial charge in [-0.15, -0.1) is 10.2 Å². The molecule has 0 atom stereocenters. The highest BCUT2D eigenvalue weighted by molar-refractivity contribution is 7.99. The fraction of sp³-hybridized carbons (Fsp3) is 0.500. The molecule has 1 aromatic heterocycles. The molecule has 10 heteroatoms. The molecule has 1 N–H and O–H groups in total. The number of esters is 1. The lowest BCUT2D eigenvalue weighted by atomic mass is 10.2. The van der Waals surface area contributed by atoms with Crippen LogP contribution in [0.3, 0.4) is 0 Å². The lowest BCUT2D eigenvalue weighted by Gasteiger charge is -2.28. The topological polar surface area (TPSA) is 98.6 Å². The van der Waals surface area contributed by atoms with Gasteiger partial charge in [0.15, 0.2) is 5.16 Å². The fourth-order valence-electron chi connectivity index (χ4n) is 3.08. The number of rotatable bonds is 8. The molecule has 1 aliphatic rings. The van der Waals surface area contributed by atoms with Crippen LogP contribution in [-0.4, -0.2) is 65.8 Å². The third kappa shape index (κ3) is 5.73. The molecule has 3 rings (SSSR count). The average Bonchev–Trinajstić information content (AvgIpc) is 3.14. The second-order valence-corrected chi connectivity index (χ2v) is 8.24. The summed E-state index contributed by atoms with van der Waals surface area (Å²) in [7, 11) is 1.32. The molecule has 2 aromatic rings. The van der Waals surface area contributed by atoms with Crippen molar-refractivity contribution in [1.82, 2.24) is 14.8 Å². The van der Waals surface area contributed by atoms with E-state index in [4.69, 9.17) is 9.47 Å². The molecule has 162 valence electrons. The minimum atomic E-state index is -0.446. The van der Waals surface area contributed by atoms with Crippen LogP contribution in [0.4, 0.5) is 11.6 Å². The number of aromatic nitrogens is 3. The lowest BCUT2D eigenvalue weighted by molar-refractivity contribution is -0.113.